The number of anilines is 1. The maximum atomic E-state index is 12.7. The molecular weight excluding hydrogens is 475 g/mol. The minimum Gasteiger partial charge on any atom is -0.391 e. The van der Waals surface area contributed by atoms with Gasteiger partial charge in [0.25, 0.3) is 17.0 Å². The second kappa shape index (κ2) is 12.1. The molecule has 0 aliphatic carbocycles. The fraction of sp³-hybridized carbons (Fsp3) is 0.312. The van der Waals surface area contributed by atoms with E-state index in [0.29, 0.717) is 10.0 Å². The smallest absolute Gasteiger partial charge is 0.275 e. The lowest BCUT2D eigenvalue weighted by Crippen LogP contribution is -2.36. The molecule has 0 radical (unpaired) electrons. The van der Waals surface area contributed by atoms with E-state index in [2.05, 4.69) is 16.6 Å². The van der Waals surface area contributed by atoms with Crippen molar-refractivity contribution >= 4 is 50.5 Å². The Labute approximate surface area is 188 Å². The number of nitrogens with two attached hydrogens (primary N) is 2. The minimum absolute atomic E-state index is 0. The quantitative estimate of drug-likeness (QED) is 0.170. The van der Waals surface area contributed by atoms with E-state index >= 15 is 0 Å². The highest BCUT2D eigenvalue weighted by atomic mass is 35.5. The molecule has 0 aliphatic heterocycles. The summed E-state index contributed by atoms with van der Waals surface area (Å²) < 4.78 is 41.5. The van der Waals surface area contributed by atoms with Crippen LogP contribution in [0.25, 0.3) is 0 Å². The topological polar surface area (TPSA) is 171 Å². The SMILES string of the molecule is C.Cc1ccc(NS(=O)(=O)c2ccc(Cl)s2)c(=O)n1CC(=O)NCCON=C(N)N.[3H]F. The number of halogens is 2. The Morgan fingerprint density at radius 1 is 1.35 bits per heavy atom. The van der Waals surface area contributed by atoms with Crippen molar-refractivity contribution in [1.29, 1.82) is 1.45 Å². The average Bonchev–Trinajstić information content (AvgIpc) is 3.16. The van der Waals surface area contributed by atoms with E-state index in [1.165, 1.54) is 24.3 Å². The first kappa shape index (κ1) is 26.2. The Kier molecular flexibility index (Phi) is 10.2. The maximum Gasteiger partial charge on any atom is 0.275 e. The van der Waals surface area contributed by atoms with Crippen molar-refractivity contribution in [1.82, 2.24) is 9.88 Å². The predicted molar refractivity (Wildman–Crippen MR) is 120 cm³/mol. The number of oxime groups is 1. The number of sulfonamides is 1. The van der Waals surface area contributed by atoms with E-state index in [9.17, 15) is 18.0 Å². The molecule has 0 aliphatic rings. The van der Waals surface area contributed by atoms with Crippen molar-refractivity contribution in [2.75, 3.05) is 17.9 Å². The molecule has 31 heavy (non-hydrogen) atoms. The van der Waals surface area contributed by atoms with Gasteiger partial charge in [0.15, 0.2) is 0 Å². The minimum atomic E-state index is -3.98. The van der Waals surface area contributed by atoms with Gasteiger partial charge in [-0.2, -0.15) is 0 Å². The molecule has 0 atom stereocenters. The summed E-state index contributed by atoms with van der Waals surface area (Å²) in [5.41, 5.74) is 9.80. The number of pyridine rings is 1. The van der Waals surface area contributed by atoms with Crippen molar-refractivity contribution in [3.8, 4) is 0 Å². The first-order chi connectivity index (χ1) is 14.6. The number of hydrogen-bond acceptors (Lipinski definition) is 7. The maximum absolute atomic E-state index is 12.7. The molecule has 0 bridgehead atoms. The van der Waals surface area contributed by atoms with Gasteiger partial charge < -0.3 is 26.2 Å². The summed E-state index contributed by atoms with van der Waals surface area (Å²) >= 11 is 6.63. The number of carbonyl (C=O) groups excluding carboxylic acids is 1. The number of nitrogens with zero attached hydrogens (tertiary/aromatic N) is 2. The molecule has 0 saturated carbocycles. The Hall–Kier alpha value is -2.84. The van der Waals surface area contributed by atoms with Crippen LogP contribution in [0.1, 0.15) is 13.1 Å². The van der Waals surface area contributed by atoms with Crippen LogP contribution in [0, 0.1) is 6.92 Å². The van der Waals surface area contributed by atoms with E-state index in [-0.39, 0.29) is 43.0 Å². The van der Waals surface area contributed by atoms with Gasteiger partial charge in [-0.3, -0.25) is 19.0 Å². The third-order valence-electron chi connectivity index (χ3n) is 3.44. The third-order valence-corrected chi connectivity index (χ3v) is 6.53. The van der Waals surface area contributed by atoms with Gasteiger partial charge in [0.1, 0.15) is 23.0 Å². The second-order valence-corrected chi connectivity index (χ2v) is 9.27. The fourth-order valence-corrected chi connectivity index (χ4v) is 4.68. The van der Waals surface area contributed by atoms with Crippen LogP contribution >= 0.6 is 22.9 Å². The molecule has 0 aromatic carbocycles. The predicted octanol–water partition coefficient (Wildman–Crippen LogP) is 0.782. The van der Waals surface area contributed by atoms with Crippen LogP contribution in [0.2, 0.25) is 4.34 Å². The molecule has 0 spiro atoms. The molecule has 2 aromatic rings. The monoisotopic (exact) mass is 500 g/mol. The normalized spacial score (nSPS) is 10.5. The van der Waals surface area contributed by atoms with E-state index in [1.54, 1.807) is 6.92 Å². The summed E-state index contributed by atoms with van der Waals surface area (Å²) in [6, 6.07) is 5.63. The van der Waals surface area contributed by atoms with Gasteiger partial charge in [0.2, 0.25) is 11.9 Å². The van der Waals surface area contributed by atoms with Crippen LogP contribution in [-0.2, 0) is 26.2 Å². The highest BCUT2D eigenvalue weighted by molar-refractivity contribution is 7.94. The highest BCUT2D eigenvalue weighted by Gasteiger charge is 2.19. The number of rotatable bonds is 9. The zero-order chi connectivity index (χ0) is 23.6. The summed E-state index contributed by atoms with van der Waals surface area (Å²) in [5, 5.41) is 5.83. The lowest BCUT2D eigenvalue weighted by atomic mass is 10.3. The van der Waals surface area contributed by atoms with Gasteiger partial charge in [0, 0.05) is 5.69 Å². The summed E-state index contributed by atoms with van der Waals surface area (Å²) in [5.74, 6) is -0.726. The molecule has 1 amide bonds. The van der Waals surface area contributed by atoms with Crippen LogP contribution < -0.4 is 27.1 Å². The van der Waals surface area contributed by atoms with Gasteiger partial charge in [0.05, 0.1) is 10.9 Å². The number of thiophene rings is 1. The second-order valence-electron chi connectivity index (χ2n) is 5.64. The molecule has 6 N–H and O–H groups in total. The molecule has 15 heteroatoms. The van der Waals surface area contributed by atoms with Gasteiger partial charge >= 0.3 is 0 Å². The molecule has 0 unspecified atom stereocenters. The first-order valence-electron chi connectivity index (χ1n) is 8.44. The van der Waals surface area contributed by atoms with E-state index in [4.69, 9.17) is 32.6 Å². The molecule has 2 rings (SSSR count). The Bertz CT molecular complexity index is 1090. The van der Waals surface area contributed by atoms with Gasteiger partial charge in [-0.15, -0.1) is 11.3 Å². The van der Waals surface area contributed by atoms with Crippen LogP contribution in [0.4, 0.5) is 10.4 Å². The first-order valence-corrected chi connectivity index (χ1v) is 10.7. The van der Waals surface area contributed by atoms with Crippen LogP contribution in [0.5, 0.6) is 0 Å². The molecular formula is C16H24ClFN6O5S2. The van der Waals surface area contributed by atoms with Crippen LogP contribution in [-0.4, -0.2) is 39.5 Å². The van der Waals surface area contributed by atoms with E-state index < -0.39 is 21.5 Å². The number of carbonyl (C=O) groups is 1. The van der Waals surface area contributed by atoms with Crippen molar-refractivity contribution in [3.63, 3.8) is 0 Å². The fourth-order valence-electron chi connectivity index (χ4n) is 2.14. The summed E-state index contributed by atoms with van der Waals surface area (Å²) in [6.07, 6.45) is 0. The third kappa shape index (κ3) is 8.07. The van der Waals surface area contributed by atoms with E-state index in [0.717, 1.165) is 15.9 Å². The number of aromatic nitrogens is 1. The Morgan fingerprint density at radius 2 is 2.03 bits per heavy atom. The Morgan fingerprint density at radius 3 is 2.61 bits per heavy atom. The number of guanidine groups is 1. The molecule has 11 nitrogen and oxygen atoms in total. The largest absolute Gasteiger partial charge is 0.391 e. The van der Waals surface area contributed by atoms with Crippen LogP contribution in [0.3, 0.4) is 0 Å². The number of amides is 1. The number of nitrogens with one attached hydrogen (secondary N) is 2. The average molecular weight is 501 g/mol. The molecule has 2 aromatic heterocycles. The number of aryl methyl sites for hydroxylation is 1. The van der Waals surface area contributed by atoms with Gasteiger partial charge in [-0.1, -0.05) is 19.0 Å². The zero-order valence-electron chi connectivity index (χ0n) is 16.6. The lowest BCUT2D eigenvalue weighted by molar-refractivity contribution is -0.122. The summed E-state index contributed by atoms with van der Waals surface area (Å²) in [6.45, 7) is 1.44. The van der Waals surface area contributed by atoms with Crippen molar-refractivity contribution in [2.45, 2.75) is 25.1 Å². The number of hydrogen-bond donors (Lipinski definition) is 4. The summed E-state index contributed by atoms with van der Waals surface area (Å²) in [4.78, 5) is 29.5. The molecule has 174 valence electrons. The summed E-state index contributed by atoms with van der Waals surface area (Å²) in [7, 11) is -3.98. The Balaban J connectivity index is 0.00000311. The van der Waals surface area contributed by atoms with Crippen molar-refractivity contribution < 1.29 is 22.8 Å². The highest BCUT2D eigenvalue weighted by Crippen LogP contribution is 2.26. The van der Waals surface area contributed by atoms with Gasteiger partial charge in [-0.25, -0.2) is 8.42 Å². The molecule has 2 heterocycles. The molecule has 0 saturated heterocycles. The molecule has 0 fully saturated rings. The van der Waals surface area contributed by atoms with Crippen molar-refractivity contribution in [3.05, 3.63) is 44.6 Å². The lowest BCUT2D eigenvalue weighted by Gasteiger charge is -2.13. The zero-order valence-corrected chi connectivity index (χ0v) is 18.0. The van der Waals surface area contributed by atoms with E-state index in [1.807, 2.05) is 0 Å². The standard InChI is InChI=1S/C15H19ClN6O5S2.CH4.FH/c1-9-2-3-10(21-29(25,26)13-5-4-11(16)28-13)14(24)22(9)8-12(23)19-6-7-27-20-15(17)18;;/h2-5,21H,6-8H2,1H3,(H,19,23)(H4,17,18,20);1H4;1H/i/hT. The van der Waals surface area contributed by atoms with Crippen LogP contribution in [0.15, 0.2) is 38.4 Å². The van der Waals surface area contributed by atoms with Gasteiger partial charge in [-0.05, 0) is 36.3 Å². The van der Waals surface area contributed by atoms with Crippen molar-refractivity contribution in [2.24, 2.45) is 16.6 Å².